The molecule has 0 radical (unpaired) electrons. The molecule has 16 nitrogen and oxygen atoms in total. The summed E-state index contributed by atoms with van der Waals surface area (Å²) < 4.78 is 23.7. The van der Waals surface area contributed by atoms with E-state index in [0.29, 0.717) is 37.8 Å². The molecule has 3 atom stereocenters. The summed E-state index contributed by atoms with van der Waals surface area (Å²) in [4.78, 5) is 70.4. The number of imidazole rings is 2. The second-order valence-electron chi connectivity index (χ2n) is 15.5. The van der Waals surface area contributed by atoms with Crippen LogP contribution in [0.4, 0.5) is 9.59 Å². The maximum absolute atomic E-state index is 13.7. The number of aromatic amines is 2. The van der Waals surface area contributed by atoms with Gasteiger partial charge in [-0.3, -0.25) is 9.59 Å². The van der Waals surface area contributed by atoms with Crippen LogP contribution in [0.5, 0.6) is 0 Å². The van der Waals surface area contributed by atoms with E-state index in [1.54, 1.807) is 38.7 Å². The Kier molecular flexibility index (Phi) is 10.9. The molecule has 4 amide bonds. The Morgan fingerprint density at radius 2 is 1.59 bits per heavy atom. The van der Waals surface area contributed by atoms with Crippen LogP contribution in [0.15, 0.2) is 71.6 Å². The molecule has 4 aromatic heterocycles. The lowest BCUT2D eigenvalue weighted by molar-refractivity contribution is -0.152. The van der Waals surface area contributed by atoms with Crippen LogP contribution in [0.2, 0.25) is 0 Å². The van der Waals surface area contributed by atoms with Crippen molar-refractivity contribution in [1.82, 2.24) is 40.4 Å². The molecule has 3 aliphatic rings. The van der Waals surface area contributed by atoms with Crippen LogP contribution in [-0.4, -0.2) is 113 Å². The molecule has 18 heteroatoms. The number of ether oxygens (including phenoxy) is 4. The number of rotatable bonds is 10. The number of carbonyl (C=O) groups excluding carboxylic acids is 4. The zero-order chi connectivity index (χ0) is 42.4. The number of hydrogen-bond donors (Lipinski definition) is 4. The average Bonchev–Trinajstić information content (AvgIpc) is 4.13. The highest BCUT2D eigenvalue weighted by molar-refractivity contribution is 7.27. The summed E-state index contributed by atoms with van der Waals surface area (Å²) in [7, 11) is 2.53. The molecule has 2 fully saturated rings. The Morgan fingerprint density at radius 1 is 0.902 bits per heavy atom. The summed E-state index contributed by atoms with van der Waals surface area (Å²) in [5, 5.41) is 9.55. The van der Waals surface area contributed by atoms with Crippen molar-refractivity contribution >= 4 is 67.1 Å². The maximum Gasteiger partial charge on any atom is 0.407 e. The van der Waals surface area contributed by atoms with Gasteiger partial charge in [0.1, 0.15) is 30.3 Å². The number of benzene rings is 2. The zero-order valence-corrected chi connectivity index (χ0v) is 35.5. The number of methoxy groups -OCH3 is 2. The van der Waals surface area contributed by atoms with Crippen molar-refractivity contribution < 1.29 is 38.1 Å². The van der Waals surface area contributed by atoms with Crippen LogP contribution in [0.1, 0.15) is 44.0 Å². The highest BCUT2D eigenvalue weighted by Gasteiger charge is 2.51. The smallest absolute Gasteiger partial charge is 0.407 e. The van der Waals surface area contributed by atoms with Gasteiger partial charge in [0.15, 0.2) is 5.79 Å². The largest absolute Gasteiger partial charge is 0.453 e. The van der Waals surface area contributed by atoms with Crippen molar-refractivity contribution in [3.05, 3.63) is 83.2 Å². The molecule has 2 aromatic carbocycles. The predicted octanol–water partition coefficient (Wildman–Crippen LogP) is 6.76. The topological polar surface area (TPSA) is 193 Å². The number of H-pyrrole nitrogens is 2. The lowest BCUT2D eigenvalue weighted by Gasteiger charge is -2.29. The second kappa shape index (κ2) is 16.4. The SMILES string of the molecule is COC(=O)NCC(=O)N1CC2(CC1c1ncc(-c3ccc(-c4csc5c(-c6ccc7nc(C8C=CCN8C(=O)C(NC(=O)OC)C(C)C)[nH]c7c6)csc45)cc3)[nH]1)OCCO2. The van der Waals surface area contributed by atoms with Gasteiger partial charge in [0.25, 0.3) is 0 Å². The normalized spacial score (nSPS) is 18.8. The van der Waals surface area contributed by atoms with Crippen molar-refractivity contribution in [2.75, 3.05) is 47.1 Å². The first-order valence-electron chi connectivity index (χ1n) is 19.9. The van der Waals surface area contributed by atoms with Gasteiger partial charge in [-0.25, -0.2) is 19.6 Å². The number of likely N-dealkylation sites (tertiary alicyclic amines) is 1. The first-order chi connectivity index (χ1) is 29.5. The van der Waals surface area contributed by atoms with Crippen LogP contribution >= 0.6 is 22.7 Å². The molecule has 4 N–H and O–H groups in total. The van der Waals surface area contributed by atoms with Gasteiger partial charge in [-0.15, -0.1) is 22.7 Å². The molecule has 1 spiro atoms. The van der Waals surface area contributed by atoms with Crippen LogP contribution < -0.4 is 10.6 Å². The Morgan fingerprint density at radius 3 is 2.30 bits per heavy atom. The fourth-order valence-electron chi connectivity index (χ4n) is 8.28. The molecule has 0 bridgehead atoms. The summed E-state index contributed by atoms with van der Waals surface area (Å²) in [6.07, 6.45) is 4.75. The Labute approximate surface area is 358 Å². The van der Waals surface area contributed by atoms with E-state index in [9.17, 15) is 19.2 Å². The number of alkyl carbamates (subject to hydrolysis) is 2. The second-order valence-corrected chi connectivity index (χ2v) is 17.2. The number of aromatic nitrogens is 4. The maximum atomic E-state index is 13.7. The Hall–Kier alpha value is -6.08. The van der Waals surface area contributed by atoms with Gasteiger partial charge >= 0.3 is 12.2 Å². The van der Waals surface area contributed by atoms with Gasteiger partial charge in [-0.2, -0.15) is 0 Å². The van der Waals surface area contributed by atoms with Gasteiger partial charge in [0.2, 0.25) is 11.8 Å². The van der Waals surface area contributed by atoms with Crippen molar-refractivity contribution in [3.8, 4) is 33.5 Å². The molecule has 0 aliphatic carbocycles. The Balaban J connectivity index is 0.914. The first kappa shape index (κ1) is 40.3. The number of amides is 4. The van der Waals surface area contributed by atoms with Crippen LogP contribution in [0.3, 0.4) is 0 Å². The van der Waals surface area contributed by atoms with Crippen molar-refractivity contribution in [3.63, 3.8) is 0 Å². The molecule has 6 aromatic rings. The minimum Gasteiger partial charge on any atom is -0.453 e. The summed E-state index contributed by atoms with van der Waals surface area (Å²) in [5.41, 5.74) is 7.85. The molecule has 3 aliphatic heterocycles. The number of thiophene rings is 2. The van der Waals surface area contributed by atoms with E-state index in [0.717, 1.165) is 44.5 Å². The lowest BCUT2D eigenvalue weighted by Crippen LogP contribution is -2.51. The van der Waals surface area contributed by atoms with Gasteiger partial charge < -0.3 is 49.3 Å². The molecular weight excluding hydrogens is 821 g/mol. The summed E-state index contributed by atoms with van der Waals surface area (Å²) in [5.74, 6) is -0.288. The minimum absolute atomic E-state index is 0.140. The first-order valence-corrected chi connectivity index (χ1v) is 21.7. The highest BCUT2D eigenvalue weighted by atomic mass is 32.1. The molecule has 61 heavy (non-hydrogen) atoms. The molecular formula is C43H44N8O8S2. The lowest BCUT2D eigenvalue weighted by atomic mass is 10.0. The van der Waals surface area contributed by atoms with Gasteiger partial charge in [0.05, 0.1) is 72.3 Å². The molecule has 316 valence electrons. The van der Waals surface area contributed by atoms with Gasteiger partial charge in [-0.1, -0.05) is 56.3 Å². The van der Waals surface area contributed by atoms with E-state index in [2.05, 4.69) is 77.5 Å². The average molecular weight is 865 g/mol. The van der Waals surface area contributed by atoms with Crippen LogP contribution in [-0.2, 0) is 28.5 Å². The number of hydrogen-bond acceptors (Lipinski definition) is 12. The standard InChI is InChI=1S/C43H44N8O8S2/c1-23(2)35(49-42(55)57-4)40(53)50-13-5-6-32(50)39-46-29-12-11-26(16-30(29)47-39)28-21-61-36-27(20-60-37(28)36)24-7-9-25(10-8-24)31-18-44-38(48-31)33-17-43(58-14-15-59-43)22-51(33)34(52)19-45-41(54)56-3/h5-12,16,18,20-21,23,32-33,35H,13-15,17,19,22H2,1-4H3,(H,44,48)(H,45,54)(H,46,47)(H,49,55). The molecule has 3 unspecified atom stereocenters. The van der Waals surface area contributed by atoms with Crippen molar-refractivity contribution in [1.29, 1.82) is 0 Å². The third kappa shape index (κ3) is 7.64. The van der Waals surface area contributed by atoms with E-state index in [4.69, 9.17) is 19.2 Å². The fraction of sp³-hybridized carbons (Fsp3) is 0.349. The summed E-state index contributed by atoms with van der Waals surface area (Å²) in [6.45, 7) is 5.07. The highest BCUT2D eigenvalue weighted by Crippen LogP contribution is 2.45. The number of nitrogens with one attached hydrogen (secondary N) is 4. The van der Waals surface area contributed by atoms with Gasteiger partial charge in [-0.05, 0) is 34.7 Å². The Bertz CT molecular complexity index is 2660. The van der Waals surface area contributed by atoms with E-state index in [-0.39, 0.29) is 30.8 Å². The van der Waals surface area contributed by atoms with E-state index in [1.807, 2.05) is 32.1 Å². The minimum atomic E-state index is -0.910. The third-order valence-electron chi connectivity index (χ3n) is 11.4. The predicted molar refractivity (Wildman–Crippen MR) is 230 cm³/mol. The van der Waals surface area contributed by atoms with E-state index < -0.39 is 36.1 Å². The number of fused-ring (bicyclic) bond motifs is 2. The molecule has 7 heterocycles. The summed E-state index contributed by atoms with van der Waals surface area (Å²) >= 11 is 3.42. The molecule has 2 saturated heterocycles. The molecule has 0 saturated carbocycles. The van der Waals surface area contributed by atoms with Crippen molar-refractivity contribution in [2.24, 2.45) is 5.92 Å². The van der Waals surface area contributed by atoms with Crippen molar-refractivity contribution in [2.45, 2.75) is 44.2 Å². The van der Waals surface area contributed by atoms with E-state index in [1.165, 1.54) is 23.6 Å². The number of carbonyl (C=O) groups is 4. The van der Waals surface area contributed by atoms with E-state index >= 15 is 0 Å². The van der Waals surface area contributed by atoms with Crippen LogP contribution in [0.25, 0.3) is 53.9 Å². The quantitative estimate of drug-likeness (QED) is 0.107. The summed E-state index contributed by atoms with van der Waals surface area (Å²) in [6, 6.07) is 12.9. The number of nitrogens with zero attached hydrogens (tertiary/aromatic N) is 4. The fourth-order valence-corrected chi connectivity index (χ4v) is 10.7. The van der Waals surface area contributed by atoms with Crippen LogP contribution in [0, 0.1) is 5.92 Å². The van der Waals surface area contributed by atoms with Gasteiger partial charge in [0, 0.05) is 34.9 Å². The monoisotopic (exact) mass is 864 g/mol. The molecule has 9 rings (SSSR count). The zero-order valence-electron chi connectivity index (χ0n) is 33.9. The third-order valence-corrected chi connectivity index (χ3v) is 13.6.